The van der Waals surface area contributed by atoms with Crippen molar-refractivity contribution in [3.05, 3.63) is 11.4 Å². The van der Waals surface area contributed by atoms with Crippen LogP contribution < -0.4 is 0 Å². The van der Waals surface area contributed by atoms with Gasteiger partial charge < -0.3 is 10.2 Å². The topological polar surface area (TPSA) is 40.5 Å². The fourth-order valence-corrected chi connectivity index (χ4v) is 8.62. The molecule has 3 saturated carbocycles. The van der Waals surface area contributed by atoms with Gasteiger partial charge in [-0.3, -0.25) is 0 Å². The van der Waals surface area contributed by atoms with E-state index in [9.17, 15) is 10.2 Å². The largest absolute Gasteiger partial charge is 0.390 e. The fourth-order valence-electron chi connectivity index (χ4n) is 8.62. The van der Waals surface area contributed by atoms with Crippen molar-refractivity contribution >= 4 is 0 Å². The summed E-state index contributed by atoms with van der Waals surface area (Å²) in [5.74, 6) is 3.08. The molecule has 0 heterocycles. The molecule has 2 N–H and O–H groups in total. The Hall–Kier alpha value is -0.410. The van der Waals surface area contributed by atoms with Crippen LogP contribution >= 0.6 is 0 Å². The van der Waals surface area contributed by atoms with Crippen LogP contribution in [-0.2, 0) is 0 Å². The van der Waals surface area contributed by atoms with E-state index in [4.69, 9.17) is 0 Å². The van der Waals surface area contributed by atoms with Crippen LogP contribution in [0.4, 0.5) is 4.39 Å². The lowest BCUT2D eigenvalue weighted by atomic mass is 9.46. The van der Waals surface area contributed by atoms with Gasteiger partial charge in [-0.05, 0) is 118 Å². The zero-order chi connectivity index (χ0) is 22.1. The molecule has 3 heteroatoms. The highest BCUT2D eigenvalue weighted by molar-refractivity contribution is 5.29. The number of allylic oxidation sites excluding steroid dienone is 1. The highest BCUT2D eigenvalue weighted by atomic mass is 19.1. The van der Waals surface area contributed by atoms with Gasteiger partial charge >= 0.3 is 0 Å². The molecule has 172 valence electrons. The zero-order valence-electron chi connectivity index (χ0n) is 20.2. The molecule has 0 unspecified atom stereocenters. The number of fused-ring (bicyclic) bond motifs is 5. The van der Waals surface area contributed by atoms with Crippen LogP contribution in [0.5, 0.6) is 0 Å². The minimum atomic E-state index is -0.740. The SMILES string of the molecule is C[C@H](CCC(C)(C)O)[C@H]1CC[C@H]2[C@@H]3CC(F)=C4C[C@@](C)(O)CC[C@]4(C)[C@H]3CC[C@]12C. The van der Waals surface area contributed by atoms with Crippen LogP contribution in [0.1, 0.15) is 106 Å². The van der Waals surface area contributed by atoms with Gasteiger partial charge in [0.25, 0.3) is 0 Å². The van der Waals surface area contributed by atoms with E-state index in [-0.39, 0.29) is 11.2 Å². The van der Waals surface area contributed by atoms with Gasteiger partial charge in [0.15, 0.2) is 0 Å². The second-order valence-electron chi connectivity index (χ2n) is 13.1. The maximum atomic E-state index is 15.5. The van der Waals surface area contributed by atoms with Crippen molar-refractivity contribution in [1.29, 1.82) is 0 Å². The Morgan fingerprint density at radius 3 is 2.43 bits per heavy atom. The highest BCUT2D eigenvalue weighted by Gasteiger charge is 2.61. The predicted octanol–water partition coefficient (Wildman–Crippen LogP) is 6.80. The molecule has 0 aromatic carbocycles. The van der Waals surface area contributed by atoms with Crippen LogP contribution in [0.25, 0.3) is 0 Å². The standard InChI is InChI=1S/C27H45FO2/c1-17(9-11-24(2,3)29)19-7-8-20-18-15-23(28)22-16-25(4,30)13-14-27(22,6)21(18)10-12-26(19,20)5/h17-21,29-30H,7-16H2,1-6H3/t17-,18+,19-,20+,21+,25+,26-,27-/m1/s1. The summed E-state index contributed by atoms with van der Waals surface area (Å²) in [7, 11) is 0. The number of hydrogen-bond donors (Lipinski definition) is 2. The van der Waals surface area contributed by atoms with E-state index in [1.54, 1.807) is 0 Å². The molecule has 4 aliphatic rings. The van der Waals surface area contributed by atoms with Crippen molar-refractivity contribution in [3.63, 3.8) is 0 Å². The first kappa shape index (κ1) is 22.8. The van der Waals surface area contributed by atoms with E-state index >= 15 is 4.39 Å². The second kappa shape index (κ2) is 7.30. The van der Waals surface area contributed by atoms with Crippen molar-refractivity contribution in [3.8, 4) is 0 Å². The molecule has 0 radical (unpaired) electrons. The Balaban J connectivity index is 1.57. The molecule has 0 bridgehead atoms. The molecule has 0 aromatic heterocycles. The first-order valence-corrected chi connectivity index (χ1v) is 12.6. The summed E-state index contributed by atoms with van der Waals surface area (Å²) in [6, 6.07) is 0. The van der Waals surface area contributed by atoms with Gasteiger partial charge in [0.2, 0.25) is 0 Å². The molecule has 0 aromatic rings. The molecular weight excluding hydrogens is 375 g/mol. The maximum absolute atomic E-state index is 15.5. The Kier molecular flexibility index (Phi) is 5.54. The third-order valence-corrected chi connectivity index (χ3v) is 10.4. The van der Waals surface area contributed by atoms with E-state index in [0.29, 0.717) is 47.8 Å². The Labute approximate surface area is 183 Å². The normalized spacial score (nSPS) is 47.5. The highest BCUT2D eigenvalue weighted by Crippen LogP contribution is 2.68. The second-order valence-corrected chi connectivity index (χ2v) is 13.1. The van der Waals surface area contributed by atoms with E-state index in [1.165, 1.54) is 25.7 Å². The third kappa shape index (κ3) is 3.70. The maximum Gasteiger partial charge on any atom is 0.100 e. The average molecular weight is 421 g/mol. The van der Waals surface area contributed by atoms with E-state index < -0.39 is 11.2 Å². The lowest BCUT2D eigenvalue weighted by Gasteiger charge is -2.59. The van der Waals surface area contributed by atoms with Gasteiger partial charge in [0, 0.05) is 12.8 Å². The van der Waals surface area contributed by atoms with E-state index in [1.807, 2.05) is 20.8 Å². The zero-order valence-corrected chi connectivity index (χ0v) is 20.2. The third-order valence-electron chi connectivity index (χ3n) is 10.4. The summed E-state index contributed by atoms with van der Waals surface area (Å²) < 4.78 is 15.5. The summed E-state index contributed by atoms with van der Waals surface area (Å²) in [6.45, 7) is 12.9. The van der Waals surface area contributed by atoms with Crippen molar-refractivity contribution in [2.45, 2.75) is 117 Å². The molecular formula is C27H45FO2. The van der Waals surface area contributed by atoms with Gasteiger partial charge in [-0.15, -0.1) is 0 Å². The summed E-state index contributed by atoms with van der Waals surface area (Å²) in [4.78, 5) is 0. The quantitative estimate of drug-likeness (QED) is 0.525. The van der Waals surface area contributed by atoms with E-state index in [2.05, 4.69) is 20.8 Å². The van der Waals surface area contributed by atoms with Gasteiger partial charge in [-0.2, -0.15) is 0 Å². The van der Waals surface area contributed by atoms with Crippen molar-refractivity contribution in [2.24, 2.45) is 40.4 Å². The van der Waals surface area contributed by atoms with Gasteiger partial charge in [-0.25, -0.2) is 4.39 Å². The number of aliphatic hydroxyl groups is 2. The lowest BCUT2D eigenvalue weighted by molar-refractivity contribution is -0.0770. The lowest BCUT2D eigenvalue weighted by Crippen LogP contribution is -2.52. The molecule has 4 aliphatic carbocycles. The minimum absolute atomic E-state index is 0.0544. The Bertz CT molecular complexity index is 704. The van der Waals surface area contributed by atoms with Gasteiger partial charge in [-0.1, -0.05) is 20.8 Å². The molecule has 4 rings (SSSR count). The number of hydrogen-bond acceptors (Lipinski definition) is 2. The Morgan fingerprint density at radius 1 is 1.07 bits per heavy atom. The summed E-state index contributed by atoms with van der Waals surface area (Å²) in [5.41, 5.74) is -0.113. The molecule has 3 fully saturated rings. The van der Waals surface area contributed by atoms with Crippen molar-refractivity contribution < 1.29 is 14.6 Å². The Morgan fingerprint density at radius 2 is 1.77 bits per heavy atom. The molecule has 0 spiro atoms. The first-order valence-electron chi connectivity index (χ1n) is 12.6. The van der Waals surface area contributed by atoms with Crippen molar-refractivity contribution in [2.75, 3.05) is 0 Å². The van der Waals surface area contributed by atoms with Gasteiger partial charge in [0.05, 0.1) is 11.2 Å². The monoisotopic (exact) mass is 420 g/mol. The fraction of sp³-hybridized carbons (Fsp3) is 0.926. The van der Waals surface area contributed by atoms with Crippen LogP contribution in [0, 0.1) is 40.4 Å². The van der Waals surface area contributed by atoms with Gasteiger partial charge in [0.1, 0.15) is 5.83 Å². The molecule has 0 saturated heterocycles. The molecule has 8 atom stereocenters. The molecule has 0 amide bonds. The van der Waals surface area contributed by atoms with E-state index in [0.717, 1.165) is 31.3 Å². The molecule has 2 nitrogen and oxygen atoms in total. The molecule has 0 aliphatic heterocycles. The predicted molar refractivity (Wildman–Crippen MR) is 121 cm³/mol. The smallest absolute Gasteiger partial charge is 0.100 e. The van der Waals surface area contributed by atoms with Crippen LogP contribution in [0.15, 0.2) is 11.4 Å². The van der Waals surface area contributed by atoms with Crippen LogP contribution in [-0.4, -0.2) is 21.4 Å². The minimum Gasteiger partial charge on any atom is -0.390 e. The summed E-state index contributed by atoms with van der Waals surface area (Å²) in [5, 5.41) is 20.8. The van der Waals surface area contributed by atoms with Crippen LogP contribution in [0.3, 0.4) is 0 Å². The van der Waals surface area contributed by atoms with Crippen LogP contribution in [0.2, 0.25) is 0 Å². The number of rotatable bonds is 4. The average Bonchev–Trinajstić information content (AvgIpc) is 2.98. The van der Waals surface area contributed by atoms with Crippen molar-refractivity contribution in [1.82, 2.24) is 0 Å². The molecule has 30 heavy (non-hydrogen) atoms. The summed E-state index contributed by atoms with van der Waals surface area (Å²) in [6.07, 6.45) is 9.77. The summed E-state index contributed by atoms with van der Waals surface area (Å²) >= 11 is 0. The number of halogens is 1. The first-order chi connectivity index (χ1) is 13.8.